The first-order valence-corrected chi connectivity index (χ1v) is 18.0. The van der Waals surface area contributed by atoms with Gasteiger partial charge in [-0.2, -0.15) is 13.2 Å². The zero-order chi connectivity index (χ0) is 34.8. The third kappa shape index (κ3) is 7.90. The lowest BCUT2D eigenvalue weighted by molar-refractivity contribution is -0.137. The van der Waals surface area contributed by atoms with Gasteiger partial charge in [-0.15, -0.1) is 0 Å². The van der Waals surface area contributed by atoms with Gasteiger partial charge in [0.2, 0.25) is 0 Å². The number of piperidine rings is 1. The van der Waals surface area contributed by atoms with Gasteiger partial charge in [-0.25, -0.2) is 0 Å². The van der Waals surface area contributed by atoms with Crippen molar-refractivity contribution in [2.45, 2.75) is 102 Å². The minimum Gasteiger partial charge on any atom is -0.393 e. The van der Waals surface area contributed by atoms with E-state index in [1.807, 2.05) is 18.2 Å². The van der Waals surface area contributed by atoms with Gasteiger partial charge in [-0.3, -0.25) is 4.79 Å². The molecule has 49 heavy (non-hydrogen) atoms. The number of benzene rings is 3. The van der Waals surface area contributed by atoms with E-state index in [-0.39, 0.29) is 11.5 Å². The largest absolute Gasteiger partial charge is 0.416 e. The molecule has 1 heterocycles. The molecule has 3 aromatic rings. The molecule has 4 atom stereocenters. The molecule has 1 saturated carbocycles. The van der Waals surface area contributed by atoms with Crippen molar-refractivity contribution in [3.8, 4) is 0 Å². The molecule has 7 rings (SSSR count). The Bertz CT molecular complexity index is 1640. The fourth-order valence-corrected chi connectivity index (χ4v) is 8.85. The minimum absolute atomic E-state index is 0.0122. The molecule has 4 unspecified atom stereocenters. The Balaban J connectivity index is 1.32. The molecule has 2 N–H and O–H groups in total. The van der Waals surface area contributed by atoms with Crippen LogP contribution in [0.4, 0.5) is 13.2 Å². The summed E-state index contributed by atoms with van der Waals surface area (Å²) in [4.78, 5) is 16.6. The van der Waals surface area contributed by atoms with Crippen LogP contribution in [0.3, 0.4) is 0 Å². The predicted octanol–water partition coefficient (Wildman–Crippen LogP) is 8.93. The van der Waals surface area contributed by atoms with E-state index >= 15 is 0 Å². The number of rotatable bonds is 6. The summed E-state index contributed by atoms with van der Waals surface area (Å²) in [5, 5.41) is 23.6. The standard InChI is InChI=1S/C42H50F3NO3/c1-29-8-7-20-40(2)38(17-21-41(40,49)28-46-22-18-31(19-23-46)24-30-9-4-3-5-10-30)36-16-14-32(25-35(47)15-13-29)26-37(36)39(48)33-11-6-12-34(27-33)42(43,44)45/h3-6,8-12,14,16,26-27,31,35,38,47,49H,7,13,15,17-25,28H2,1-2H3. The van der Waals surface area contributed by atoms with E-state index in [0.29, 0.717) is 50.1 Å². The summed E-state index contributed by atoms with van der Waals surface area (Å²) >= 11 is 0. The summed E-state index contributed by atoms with van der Waals surface area (Å²) in [5.41, 5.74) is 2.04. The van der Waals surface area contributed by atoms with Crippen molar-refractivity contribution in [1.82, 2.24) is 4.90 Å². The van der Waals surface area contributed by atoms with Gasteiger partial charge in [0.1, 0.15) is 0 Å². The molecule has 0 aromatic heterocycles. The number of hydrogen-bond donors (Lipinski definition) is 2. The lowest BCUT2D eigenvalue weighted by Crippen LogP contribution is -2.53. The van der Waals surface area contributed by atoms with Gasteiger partial charge in [-0.05, 0) is 131 Å². The number of alkyl halides is 3. The van der Waals surface area contributed by atoms with Crippen LogP contribution in [0, 0.1) is 11.3 Å². The maximum atomic E-state index is 14.2. The Morgan fingerprint density at radius 3 is 2.43 bits per heavy atom. The number of likely N-dealkylation sites (tertiary alicyclic amines) is 1. The molecular weight excluding hydrogens is 623 g/mol. The molecule has 4 nitrogen and oxygen atoms in total. The molecular formula is C42H50F3NO3. The maximum Gasteiger partial charge on any atom is 0.416 e. The Labute approximate surface area is 289 Å². The first kappa shape index (κ1) is 35.6. The summed E-state index contributed by atoms with van der Waals surface area (Å²) in [6, 6.07) is 20.9. The van der Waals surface area contributed by atoms with Crippen LogP contribution in [0.15, 0.2) is 84.4 Å². The minimum atomic E-state index is -4.57. The zero-order valence-electron chi connectivity index (χ0n) is 28.8. The van der Waals surface area contributed by atoms with Crippen molar-refractivity contribution < 1.29 is 28.2 Å². The van der Waals surface area contributed by atoms with Crippen LogP contribution in [0.5, 0.6) is 0 Å². The normalized spacial score (nSPS) is 27.4. The average Bonchev–Trinajstić information content (AvgIpc) is 3.33. The summed E-state index contributed by atoms with van der Waals surface area (Å²) in [6.45, 7) is 6.67. The summed E-state index contributed by atoms with van der Waals surface area (Å²) < 4.78 is 41.0. The number of β-amino-alcohol motifs (C(OH)–C–C–N with tert-alkyl or cyclic N) is 1. The summed E-state index contributed by atoms with van der Waals surface area (Å²) in [7, 11) is 0. The maximum absolute atomic E-state index is 14.2. The molecule has 3 aromatic carbocycles. The second kappa shape index (κ2) is 14.5. The van der Waals surface area contributed by atoms with Crippen LogP contribution in [-0.2, 0) is 19.0 Å². The van der Waals surface area contributed by atoms with Crippen molar-refractivity contribution >= 4 is 5.78 Å². The fraction of sp³-hybridized carbons (Fsp3) is 0.500. The second-order valence-corrected chi connectivity index (χ2v) is 15.3. The smallest absolute Gasteiger partial charge is 0.393 e. The first-order valence-electron chi connectivity index (χ1n) is 18.0. The Hall–Kier alpha value is -3.26. The molecule has 2 fully saturated rings. The third-order valence-corrected chi connectivity index (χ3v) is 11.9. The van der Waals surface area contributed by atoms with Gasteiger partial charge in [0.25, 0.3) is 0 Å². The number of aliphatic hydroxyl groups is 2. The molecule has 0 amide bonds. The number of hydrogen-bond acceptors (Lipinski definition) is 4. The van der Waals surface area contributed by atoms with Crippen molar-refractivity contribution in [2.24, 2.45) is 11.3 Å². The van der Waals surface area contributed by atoms with E-state index in [4.69, 9.17) is 0 Å². The number of carbonyl (C=O) groups excluding carboxylic acids is 1. The van der Waals surface area contributed by atoms with E-state index in [9.17, 15) is 28.2 Å². The van der Waals surface area contributed by atoms with Crippen LogP contribution in [0.1, 0.15) is 109 Å². The van der Waals surface area contributed by atoms with Crippen molar-refractivity contribution in [3.05, 3.63) is 118 Å². The van der Waals surface area contributed by atoms with E-state index < -0.39 is 34.6 Å². The van der Waals surface area contributed by atoms with Crippen molar-refractivity contribution in [2.75, 3.05) is 19.6 Å². The van der Waals surface area contributed by atoms with Crippen molar-refractivity contribution in [3.63, 3.8) is 0 Å². The highest BCUT2D eigenvalue weighted by molar-refractivity contribution is 6.10. The molecule has 3 aliphatic carbocycles. The SMILES string of the molecule is CC1=CCCC2(C)C(CCC2(O)CN2CCC(Cc3ccccc3)CC2)c2ccc(cc2C(=O)c2cccc(C(F)(F)F)c2)CC(O)CC1. The fourth-order valence-electron chi connectivity index (χ4n) is 8.85. The molecule has 1 saturated heterocycles. The molecule has 2 bridgehead atoms. The van der Waals surface area contributed by atoms with Crippen LogP contribution in [0.2, 0.25) is 0 Å². The number of fused-ring (bicyclic) bond motifs is 8. The van der Waals surface area contributed by atoms with E-state index in [1.165, 1.54) is 23.3 Å². The monoisotopic (exact) mass is 673 g/mol. The lowest BCUT2D eigenvalue weighted by Gasteiger charge is -2.47. The van der Waals surface area contributed by atoms with Gasteiger partial charge in [0.05, 0.1) is 17.3 Å². The van der Waals surface area contributed by atoms with Crippen molar-refractivity contribution in [1.29, 1.82) is 0 Å². The molecule has 262 valence electrons. The van der Waals surface area contributed by atoms with Crippen LogP contribution in [0.25, 0.3) is 0 Å². The second-order valence-electron chi connectivity index (χ2n) is 15.3. The number of allylic oxidation sites excluding steroid dienone is 2. The van der Waals surface area contributed by atoms with E-state index in [1.54, 1.807) is 6.07 Å². The number of nitrogens with zero attached hydrogens (tertiary/aromatic N) is 1. The topological polar surface area (TPSA) is 60.8 Å². The predicted molar refractivity (Wildman–Crippen MR) is 188 cm³/mol. The third-order valence-electron chi connectivity index (χ3n) is 11.9. The summed E-state index contributed by atoms with van der Waals surface area (Å²) in [6.07, 6.45) is 4.67. The van der Waals surface area contributed by atoms with Gasteiger partial charge < -0.3 is 15.1 Å². The molecule has 7 heteroatoms. The highest BCUT2D eigenvalue weighted by atomic mass is 19.4. The summed E-state index contributed by atoms with van der Waals surface area (Å²) in [5.74, 6) is -0.0174. The Morgan fingerprint density at radius 1 is 0.939 bits per heavy atom. The quantitative estimate of drug-likeness (QED) is 0.203. The molecule has 0 radical (unpaired) electrons. The van der Waals surface area contributed by atoms with Gasteiger partial charge >= 0.3 is 6.18 Å². The Kier molecular flexibility index (Phi) is 10.5. The number of aliphatic hydroxyl groups excluding tert-OH is 1. The van der Waals surface area contributed by atoms with Crippen LogP contribution in [-0.4, -0.2) is 52.2 Å². The van der Waals surface area contributed by atoms with E-state index in [2.05, 4.69) is 49.1 Å². The van der Waals surface area contributed by atoms with Crippen LogP contribution < -0.4 is 0 Å². The lowest BCUT2D eigenvalue weighted by atomic mass is 9.64. The van der Waals surface area contributed by atoms with Gasteiger partial charge in [0, 0.05) is 23.1 Å². The average molecular weight is 674 g/mol. The number of carbonyl (C=O) groups is 1. The van der Waals surface area contributed by atoms with Crippen LogP contribution >= 0.6 is 0 Å². The van der Waals surface area contributed by atoms with Gasteiger partial charge in [-0.1, -0.05) is 73.2 Å². The molecule has 0 spiro atoms. The Morgan fingerprint density at radius 2 is 1.69 bits per heavy atom. The highest BCUT2D eigenvalue weighted by Crippen LogP contribution is 2.59. The highest BCUT2D eigenvalue weighted by Gasteiger charge is 2.57. The van der Waals surface area contributed by atoms with Gasteiger partial charge in [0.15, 0.2) is 5.78 Å². The first-order chi connectivity index (χ1) is 23.3. The molecule has 1 aliphatic heterocycles. The molecule has 4 aliphatic rings. The van der Waals surface area contributed by atoms with E-state index in [0.717, 1.165) is 68.5 Å². The number of halogens is 3. The number of ketones is 1. The zero-order valence-corrected chi connectivity index (χ0v) is 28.8.